The molecule has 1 aromatic heterocycles. The Morgan fingerprint density at radius 1 is 1.25 bits per heavy atom. The quantitative estimate of drug-likeness (QED) is 0.785. The van der Waals surface area contributed by atoms with Crippen molar-refractivity contribution < 1.29 is 0 Å². The second-order valence-corrected chi connectivity index (χ2v) is 6.99. The smallest absolute Gasteiger partial charge is 0.0406 e. The van der Waals surface area contributed by atoms with E-state index in [4.69, 9.17) is 11.6 Å². The summed E-state index contributed by atoms with van der Waals surface area (Å²) in [5.74, 6) is 0.793. The minimum atomic E-state index is 0.473. The molecular formula is C17H20ClNS. The number of benzene rings is 1. The number of hydrogen-bond donors (Lipinski definition) is 1. The van der Waals surface area contributed by atoms with Gasteiger partial charge in [0.05, 0.1) is 0 Å². The molecule has 1 heterocycles. The Morgan fingerprint density at radius 2 is 2.00 bits per heavy atom. The highest BCUT2D eigenvalue weighted by molar-refractivity contribution is 7.07. The standard InChI is InChI=1S/C17H20ClNS/c1-12(10-13-8-9-20-11-13)19-17(14-2-3-14)15-4-6-16(18)7-5-15/h4-9,11-12,14,17,19H,2-3,10H2,1H3. The molecule has 0 radical (unpaired) electrons. The summed E-state index contributed by atoms with van der Waals surface area (Å²) in [7, 11) is 0. The van der Waals surface area contributed by atoms with E-state index >= 15 is 0 Å². The maximum atomic E-state index is 5.99. The molecule has 2 unspecified atom stereocenters. The summed E-state index contributed by atoms with van der Waals surface area (Å²) < 4.78 is 0. The van der Waals surface area contributed by atoms with Crippen LogP contribution in [-0.4, -0.2) is 6.04 Å². The SMILES string of the molecule is CC(Cc1ccsc1)NC(c1ccc(Cl)cc1)C1CC1. The van der Waals surface area contributed by atoms with Crippen molar-refractivity contribution in [3.05, 3.63) is 57.2 Å². The van der Waals surface area contributed by atoms with Crippen LogP contribution in [0.2, 0.25) is 5.02 Å². The van der Waals surface area contributed by atoms with Crippen LogP contribution in [0, 0.1) is 5.92 Å². The minimum absolute atomic E-state index is 0.473. The zero-order valence-corrected chi connectivity index (χ0v) is 13.3. The lowest BCUT2D eigenvalue weighted by molar-refractivity contribution is 0.417. The van der Waals surface area contributed by atoms with E-state index in [1.165, 1.54) is 24.0 Å². The third kappa shape index (κ3) is 3.63. The molecule has 1 aromatic carbocycles. The highest BCUT2D eigenvalue weighted by Gasteiger charge is 2.32. The Labute approximate surface area is 130 Å². The van der Waals surface area contributed by atoms with Crippen LogP contribution in [0.15, 0.2) is 41.1 Å². The van der Waals surface area contributed by atoms with E-state index in [-0.39, 0.29) is 0 Å². The molecule has 1 nitrogen and oxygen atoms in total. The van der Waals surface area contributed by atoms with Crippen LogP contribution < -0.4 is 5.32 Å². The topological polar surface area (TPSA) is 12.0 Å². The zero-order valence-electron chi connectivity index (χ0n) is 11.7. The summed E-state index contributed by atoms with van der Waals surface area (Å²) in [5, 5.41) is 9.02. The van der Waals surface area contributed by atoms with Gasteiger partial charge in [-0.2, -0.15) is 11.3 Å². The normalized spacial score (nSPS) is 17.9. The lowest BCUT2D eigenvalue weighted by atomic mass is 10.0. The minimum Gasteiger partial charge on any atom is -0.307 e. The van der Waals surface area contributed by atoms with Gasteiger partial charge in [0, 0.05) is 17.1 Å². The maximum Gasteiger partial charge on any atom is 0.0406 e. The van der Waals surface area contributed by atoms with Crippen molar-refractivity contribution in [2.24, 2.45) is 5.92 Å². The molecule has 1 aliphatic rings. The van der Waals surface area contributed by atoms with Crippen molar-refractivity contribution in [3.8, 4) is 0 Å². The Kier molecular flexibility index (Phi) is 4.45. The molecule has 1 N–H and O–H groups in total. The van der Waals surface area contributed by atoms with E-state index < -0.39 is 0 Å². The number of hydrogen-bond acceptors (Lipinski definition) is 2. The molecule has 3 rings (SSSR count). The average Bonchev–Trinajstić information content (AvgIpc) is 3.16. The molecule has 1 fully saturated rings. The molecule has 0 amide bonds. The van der Waals surface area contributed by atoms with Crippen LogP contribution in [0.5, 0.6) is 0 Å². The first-order valence-corrected chi connectivity index (χ1v) is 8.57. The monoisotopic (exact) mass is 305 g/mol. The van der Waals surface area contributed by atoms with Crippen molar-refractivity contribution in [1.29, 1.82) is 0 Å². The fourth-order valence-corrected chi connectivity index (χ4v) is 3.54. The summed E-state index contributed by atoms with van der Waals surface area (Å²) in [6.45, 7) is 2.28. The van der Waals surface area contributed by atoms with Crippen LogP contribution in [0.1, 0.15) is 36.9 Å². The van der Waals surface area contributed by atoms with Crippen molar-refractivity contribution in [2.75, 3.05) is 0 Å². The van der Waals surface area contributed by atoms with Crippen molar-refractivity contribution in [2.45, 2.75) is 38.3 Å². The second-order valence-electron chi connectivity index (χ2n) is 5.77. The van der Waals surface area contributed by atoms with Gasteiger partial charge in [-0.1, -0.05) is 23.7 Å². The Balaban J connectivity index is 1.66. The molecule has 3 heteroatoms. The molecule has 0 saturated heterocycles. The first kappa shape index (κ1) is 14.1. The van der Waals surface area contributed by atoms with E-state index in [2.05, 4.69) is 41.2 Å². The molecule has 0 aliphatic heterocycles. The van der Waals surface area contributed by atoms with Crippen LogP contribution >= 0.6 is 22.9 Å². The van der Waals surface area contributed by atoms with Gasteiger partial charge in [0.1, 0.15) is 0 Å². The molecule has 106 valence electrons. The Morgan fingerprint density at radius 3 is 2.60 bits per heavy atom. The van der Waals surface area contributed by atoms with Crippen molar-refractivity contribution in [3.63, 3.8) is 0 Å². The third-order valence-electron chi connectivity index (χ3n) is 3.91. The Hall–Kier alpha value is -0.830. The van der Waals surface area contributed by atoms with E-state index in [0.29, 0.717) is 12.1 Å². The predicted molar refractivity (Wildman–Crippen MR) is 87.5 cm³/mol. The van der Waals surface area contributed by atoms with E-state index in [9.17, 15) is 0 Å². The maximum absolute atomic E-state index is 5.99. The first-order chi connectivity index (χ1) is 9.72. The van der Waals surface area contributed by atoms with Crippen LogP contribution in [0.4, 0.5) is 0 Å². The lowest BCUT2D eigenvalue weighted by Gasteiger charge is -2.24. The highest BCUT2D eigenvalue weighted by Crippen LogP contribution is 2.41. The van der Waals surface area contributed by atoms with Gasteiger partial charge in [0.25, 0.3) is 0 Å². The largest absolute Gasteiger partial charge is 0.307 e. The molecule has 1 aliphatic carbocycles. The van der Waals surface area contributed by atoms with Crippen LogP contribution in [0.3, 0.4) is 0 Å². The second kappa shape index (κ2) is 6.30. The van der Waals surface area contributed by atoms with Gasteiger partial charge >= 0.3 is 0 Å². The van der Waals surface area contributed by atoms with Gasteiger partial charge in [-0.15, -0.1) is 0 Å². The van der Waals surface area contributed by atoms with E-state index in [1.807, 2.05) is 12.1 Å². The van der Waals surface area contributed by atoms with Crippen LogP contribution in [-0.2, 0) is 6.42 Å². The molecule has 2 atom stereocenters. The summed E-state index contributed by atoms with van der Waals surface area (Å²) in [6.07, 6.45) is 3.78. The van der Waals surface area contributed by atoms with Gasteiger partial charge in [0.2, 0.25) is 0 Å². The number of halogens is 1. The molecule has 0 spiro atoms. The first-order valence-electron chi connectivity index (χ1n) is 7.25. The zero-order chi connectivity index (χ0) is 13.9. The molecular weight excluding hydrogens is 286 g/mol. The Bertz CT molecular complexity index is 531. The molecule has 20 heavy (non-hydrogen) atoms. The summed E-state index contributed by atoms with van der Waals surface area (Å²) >= 11 is 7.77. The van der Waals surface area contributed by atoms with Gasteiger partial charge in [0.15, 0.2) is 0 Å². The number of rotatable bonds is 6. The number of nitrogens with one attached hydrogen (secondary N) is 1. The molecule has 0 bridgehead atoms. The summed E-state index contributed by atoms with van der Waals surface area (Å²) in [5.41, 5.74) is 2.80. The van der Waals surface area contributed by atoms with E-state index in [0.717, 1.165) is 17.4 Å². The van der Waals surface area contributed by atoms with Gasteiger partial charge in [-0.3, -0.25) is 0 Å². The fraction of sp³-hybridized carbons (Fsp3) is 0.412. The highest BCUT2D eigenvalue weighted by atomic mass is 35.5. The van der Waals surface area contributed by atoms with Gasteiger partial charge < -0.3 is 5.32 Å². The third-order valence-corrected chi connectivity index (χ3v) is 4.89. The fourth-order valence-electron chi connectivity index (χ4n) is 2.73. The van der Waals surface area contributed by atoms with Crippen molar-refractivity contribution >= 4 is 22.9 Å². The predicted octanol–water partition coefficient (Wildman–Crippen LogP) is 5.07. The summed E-state index contributed by atoms with van der Waals surface area (Å²) in [6, 6.07) is 11.5. The van der Waals surface area contributed by atoms with Crippen LogP contribution in [0.25, 0.3) is 0 Å². The summed E-state index contributed by atoms with van der Waals surface area (Å²) in [4.78, 5) is 0. The van der Waals surface area contributed by atoms with Gasteiger partial charge in [-0.25, -0.2) is 0 Å². The van der Waals surface area contributed by atoms with E-state index in [1.54, 1.807) is 11.3 Å². The molecule has 1 saturated carbocycles. The van der Waals surface area contributed by atoms with Crippen molar-refractivity contribution in [1.82, 2.24) is 5.32 Å². The lowest BCUT2D eigenvalue weighted by Crippen LogP contribution is -2.33. The number of thiophene rings is 1. The molecule has 2 aromatic rings. The van der Waals surface area contributed by atoms with Gasteiger partial charge in [-0.05, 0) is 72.2 Å². The average molecular weight is 306 g/mol.